The molecule has 0 heterocycles. The second-order valence-electron chi connectivity index (χ2n) is 4.06. The molecule has 0 bridgehead atoms. The molecule has 0 radical (unpaired) electrons. The summed E-state index contributed by atoms with van der Waals surface area (Å²) >= 11 is 0. The van der Waals surface area contributed by atoms with Crippen LogP contribution in [0.5, 0.6) is 0 Å². The van der Waals surface area contributed by atoms with Gasteiger partial charge in [0, 0.05) is 24.7 Å². The van der Waals surface area contributed by atoms with Crippen molar-refractivity contribution in [3.05, 3.63) is 35.4 Å². The van der Waals surface area contributed by atoms with Gasteiger partial charge in [-0.2, -0.15) is 5.26 Å². The number of rotatable bonds is 5. The molecule has 0 aromatic heterocycles. The summed E-state index contributed by atoms with van der Waals surface area (Å²) in [6.45, 7) is 5.42. The van der Waals surface area contributed by atoms with E-state index in [0.29, 0.717) is 23.7 Å². The van der Waals surface area contributed by atoms with Gasteiger partial charge in [-0.15, -0.1) is 0 Å². The molecule has 4 nitrogen and oxygen atoms in total. The monoisotopic (exact) mass is 231 g/mol. The molecule has 0 aliphatic rings. The van der Waals surface area contributed by atoms with Gasteiger partial charge in [-0.1, -0.05) is 19.9 Å². The van der Waals surface area contributed by atoms with Crippen LogP contribution in [0, 0.1) is 11.3 Å². The van der Waals surface area contributed by atoms with Crippen LogP contribution in [0.2, 0.25) is 0 Å². The Morgan fingerprint density at radius 2 is 2.18 bits per heavy atom. The van der Waals surface area contributed by atoms with Crippen LogP contribution < -0.4 is 10.6 Å². The van der Waals surface area contributed by atoms with Crippen molar-refractivity contribution in [3.8, 4) is 6.07 Å². The molecule has 0 spiro atoms. The van der Waals surface area contributed by atoms with E-state index in [4.69, 9.17) is 5.26 Å². The molecule has 0 aliphatic carbocycles. The van der Waals surface area contributed by atoms with E-state index in [1.165, 1.54) is 0 Å². The second-order valence-corrected chi connectivity index (χ2v) is 4.06. The van der Waals surface area contributed by atoms with Crippen molar-refractivity contribution >= 4 is 5.91 Å². The summed E-state index contributed by atoms with van der Waals surface area (Å²) in [4.78, 5) is 11.7. The summed E-state index contributed by atoms with van der Waals surface area (Å²) in [5.74, 6) is -0.146. The third-order valence-electron chi connectivity index (χ3n) is 2.22. The van der Waals surface area contributed by atoms with Gasteiger partial charge in [0.15, 0.2) is 0 Å². The highest BCUT2D eigenvalue weighted by atomic mass is 16.1. The molecule has 17 heavy (non-hydrogen) atoms. The fraction of sp³-hybridized carbons (Fsp3) is 0.385. The topological polar surface area (TPSA) is 64.9 Å². The van der Waals surface area contributed by atoms with Crippen LogP contribution in [-0.4, -0.2) is 25.0 Å². The Labute approximate surface area is 102 Å². The smallest absolute Gasteiger partial charge is 0.251 e. The number of carbonyl (C=O) groups excluding carboxylic acids is 1. The SMILES string of the molecule is CC(C)NCCNC(=O)c1cccc(C#N)c1. The minimum absolute atomic E-state index is 0.146. The van der Waals surface area contributed by atoms with Gasteiger partial charge in [-0.05, 0) is 18.2 Å². The lowest BCUT2D eigenvalue weighted by Gasteiger charge is -2.09. The van der Waals surface area contributed by atoms with Crippen LogP contribution in [0.3, 0.4) is 0 Å². The molecule has 0 saturated carbocycles. The third-order valence-corrected chi connectivity index (χ3v) is 2.22. The number of amides is 1. The Morgan fingerprint density at radius 3 is 2.82 bits per heavy atom. The first-order valence-corrected chi connectivity index (χ1v) is 5.65. The Morgan fingerprint density at radius 1 is 1.41 bits per heavy atom. The first-order chi connectivity index (χ1) is 8.13. The van der Waals surface area contributed by atoms with Crippen molar-refractivity contribution in [2.45, 2.75) is 19.9 Å². The molecule has 90 valence electrons. The van der Waals surface area contributed by atoms with Crippen molar-refractivity contribution in [1.29, 1.82) is 5.26 Å². The van der Waals surface area contributed by atoms with Crippen LogP contribution in [0.15, 0.2) is 24.3 Å². The fourth-order valence-corrected chi connectivity index (χ4v) is 1.37. The lowest BCUT2D eigenvalue weighted by molar-refractivity contribution is 0.0953. The standard InChI is InChI=1S/C13H17N3O/c1-10(2)15-6-7-16-13(17)12-5-3-4-11(8-12)9-14/h3-5,8,10,15H,6-7H2,1-2H3,(H,16,17). The van der Waals surface area contributed by atoms with E-state index in [-0.39, 0.29) is 5.91 Å². The summed E-state index contributed by atoms with van der Waals surface area (Å²) in [6.07, 6.45) is 0. The molecule has 1 rings (SSSR count). The maximum atomic E-state index is 11.7. The van der Waals surface area contributed by atoms with Crippen LogP contribution in [0.4, 0.5) is 0 Å². The molecule has 2 N–H and O–H groups in total. The van der Waals surface area contributed by atoms with Gasteiger partial charge >= 0.3 is 0 Å². The number of carbonyl (C=O) groups is 1. The van der Waals surface area contributed by atoms with Crippen molar-refractivity contribution in [1.82, 2.24) is 10.6 Å². The Hall–Kier alpha value is -1.86. The number of hydrogen-bond donors (Lipinski definition) is 2. The molecule has 1 amide bonds. The largest absolute Gasteiger partial charge is 0.351 e. The normalized spacial score (nSPS) is 10.0. The first kappa shape index (κ1) is 13.2. The number of nitriles is 1. The van der Waals surface area contributed by atoms with Crippen LogP contribution in [-0.2, 0) is 0 Å². The van der Waals surface area contributed by atoms with Gasteiger partial charge in [-0.25, -0.2) is 0 Å². The first-order valence-electron chi connectivity index (χ1n) is 5.65. The maximum Gasteiger partial charge on any atom is 0.251 e. The minimum atomic E-state index is -0.146. The van der Waals surface area contributed by atoms with Crippen molar-refractivity contribution in [3.63, 3.8) is 0 Å². The van der Waals surface area contributed by atoms with E-state index in [9.17, 15) is 4.79 Å². The van der Waals surface area contributed by atoms with E-state index in [0.717, 1.165) is 6.54 Å². The van der Waals surface area contributed by atoms with E-state index in [1.807, 2.05) is 6.07 Å². The number of benzene rings is 1. The summed E-state index contributed by atoms with van der Waals surface area (Å²) in [5, 5.41) is 14.7. The van der Waals surface area contributed by atoms with Gasteiger partial charge in [0.25, 0.3) is 5.91 Å². The highest BCUT2D eigenvalue weighted by molar-refractivity contribution is 5.94. The minimum Gasteiger partial charge on any atom is -0.351 e. The van der Waals surface area contributed by atoms with Gasteiger partial charge in [0.2, 0.25) is 0 Å². The van der Waals surface area contributed by atoms with Gasteiger partial charge < -0.3 is 10.6 Å². The predicted molar refractivity (Wildman–Crippen MR) is 66.6 cm³/mol. The Balaban J connectivity index is 2.44. The van der Waals surface area contributed by atoms with Crippen molar-refractivity contribution in [2.75, 3.05) is 13.1 Å². The van der Waals surface area contributed by atoms with Crippen LogP contribution in [0.1, 0.15) is 29.8 Å². The number of hydrogen-bond acceptors (Lipinski definition) is 3. The Bertz CT molecular complexity index is 421. The van der Waals surface area contributed by atoms with E-state index < -0.39 is 0 Å². The molecule has 0 fully saturated rings. The summed E-state index contributed by atoms with van der Waals surface area (Å²) < 4.78 is 0. The van der Waals surface area contributed by atoms with Crippen LogP contribution in [0.25, 0.3) is 0 Å². The Kier molecular flexibility index (Phi) is 5.18. The molecular formula is C13H17N3O. The zero-order valence-electron chi connectivity index (χ0n) is 10.2. The lowest BCUT2D eigenvalue weighted by atomic mass is 10.1. The molecule has 1 aromatic carbocycles. The number of nitrogens with one attached hydrogen (secondary N) is 2. The fourth-order valence-electron chi connectivity index (χ4n) is 1.37. The molecule has 1 aromatic rings. The highest BCUT2D eigenvalue weighted by Gasteiger charge is 2.05. The van der Waals surface area contributed by atoms with Crippen molar-refractivity contribution in [2.24, 2.45) is 0 Å². The molecule has 0 saturated heterocycles. The molecular weight excluding hydrogens is 214 g/mol. The zero-order chi connectivity index (χ0) is 12.7. The molecule has 0 unspecified atom stereocenters. The zero-order valence-corrected chi connectivity index (χ0v) is 10.2. The van der Waals surface area contributed by atoms with E-state index in [2.05, 4.69) is 24.5 Å². The lowest BCUT2D eigenvalue weighted by Crippen LogP contribution is -2.34. The van der Waals surface area contributed by atoms with Gasteiger partial charge in [0.05, 0.1) is 11.6 Å². The summed E-state index contributed by atoms with van der Waals surface area (Å²) in [7, 11) is 0. The molecule has 4 heteroatoms. The molecule has 0 atom stereocenters. The number of nitrogens with zero attached hydrogens (tertiary/aromatic N) is 1. The highest BCUT2D eigenvalue weighted by Crippen LogP contribution is 2.03. The van der Waals surface area contributed by atoms with E-state index >= 15 is 0 Å². The molecule has 0 aliphatic heterocycles. The third kappa shape index (κ3) is 4.66. The van der Waals surface area contributed by atoms with Gasteiger partial charge in [0.1, 0.15) is 0 Å². The van der Waals surface area contributed by atoms with E-state index in [1.54, 1.807) is 24.3 Å². The average molecular weight is 231 g/mol. The maximum absolute atomic E-state index is 11.7. The average Bonchev–Trinajstić information content (AvgIpc) is 2.34. The van der Waals surface area contributed by atoms with Gasteiger partial charge in [-0.3, -0.25) is 4.79 Å². The predicted octanol–water partition coefficient (Wildman–Crippen LogP) is 1.29. The van der Waals surface area contributed by atoms with Crippen LogP contribution >= 0.6 is 0 Å². The quantitative estimate of drug-likeness (QED) is 0.750. The second kappa shape index (κ2) is 6.66. The summed E-state index contributed by atoms with van der Waals surface area (Å²) in [5.41, 5.74) is 1.02. The summed E-state index contributed by atoms with van der Waals surface area (Å²) in [6, 6.07) is 9.10. The van der Waals surface area contributed by atoms with Crippen molar-refractivity contribution < 1.29 is 4.79 Å².